The van der Waals surface area contributed by atoms with Gasteiger partial charge >= 0.3 is 0 Å². The lowest BCUT2D eigenvalue weighted by Crippen LogP contribution is -2.42. The summed E-state index contributed by atoms with van der Waals surface area (Å²) in [7, 11) is 0. The number of rotatable bonds is 6. The molecule has 2 heterocycles. The van der Waals surface area contributed by atoms with Crippen molar-refractivity contribution in [2.45, 2.75) is 38.4 Å². The van der Waals surface area contributed by atoms with Crippen LogP contribution in [0.25, 0.3) is 5.57 Å². The lowest BCUT2D eigenvalue weighted by atomic mass is 9.84. The molecule has 0 saturated carbocycles. The van der Waals surface area contributed by atoms with E-state index in [0.717, 1.165) is 61.5 Å². The first-order valence-corrected chi connectivity index (χ1v) is 12.8. The number of aliphatic hydroxyl groups is 1. The molecular formula is C30H32ClNO3. The standard InChI is InChI=1S/C30H32ClNO3/c1-2-34-25-13-14-29-28(20-25)27(26-7-4-3-6-22(26)21-35-29)8-5-17-32-18-15-30(33,16-19-32)23-9-11-24(31)12-10-23/h3-4,6-14,20,33H,2,5,15-19,21H2,1H3. The fraction of sp³-hybridized carbons (Fsp3) is 0.333. The minimum atomic E-state index is -0.772. The molecule has 5 rings (SSSR count). The second kappa shape index (κ2) is 10.4. The molecule has 182 valence electrons. The van der Waals surface area contributed by atoms with E-state index in [4.69, 9.17) is 21.1 Å². The Morgan fingerprint density at radius 3 is 2.57 bits per heavy atom. The van der Waals surface area contributed by atoms with Crippen LogP contribution in [0.2, 0.25) is 5.02 Å². The van der Waals surface area contributed by atoms with E-state index in [9.17, 15) is 5.11 Å². The Labute approximate surface area is 212 Å². The maximum atomic E-state index is 11.2. The van der Waals surface area contributed by atoms with Gasteiger partial charge in [-0.25, -0.2) is 0 Å². The Kier molecular flexibility index (Phi) is 7.14. The first-order chi connectivity index (χ1) is 17.1. The molecule has 5 heteroatoms. The summed E-state index contributed by atoms with van der Waals surface area (Å²) in [6.45, 7) is 5.88. The second-order valence-corrected chi connectivity index (χ2v) is 9.76. The highest BCUT2D eigenvalue weighted by Crippen LogP contribution is 2.39. The highest BCUT2D eigenvalue weighted by molar-refractivity contribution is 6.30. The molecule has 2 aliphatic heterocycles. The topological polar surface area (TPSA) is 41.9 Å². The lowest BCUT2D eigenvalue weighted by Gasteiger charge is -2.38. The van der Waals surface area contributed by atoms with Crippen molar-refractivity contribution >= 4 is 17.2 Å². The number of ether oxygens (including phenoxy) is 2. The van der Waals surface area contributed by atoms with Gasteiger partial charge in [-0.1, -0.05) is 54.1 Å². The number of hydrogen-bond donors (Lipinski definition) is 1. The van der Waals surface area contributed by atoms with Gasteiger partial charge in [0.25, 0.3) is 0 Å². The van der Waals surface area contributed by atoms with Gasteiger partial charge in [-0.15, -0.1) is 0 Å². The fourth-order valence-electron chi connectivity index (χ4n) is 5.12. The summed E-state index contributed by atoms with van der Waals surface area (Å²) in [6.07, 6.45) is 4.70. The van der Waals surface area contributed by atoms with Crippen LogP contribution in [-0.2, 0) is 12.2 Å². The van der Waals surface area contributed by atoms with Gasteiger partial charge in [0.15, 0.2) is 0 Å². The highest BCUT2D eigenvalue weighted by Gasteiger charge is 2.33. The Hall–Kier alpha value is -2.79. The summed E-state index contributed by atoms with van der Waals surface area (Å²) in [5.41, 5.74) is 4.88. The summed E-state index contributed by atoms with van der Waals surface area (Å²) >= 11 is 6.03. The molecule has 1 fully saturated rings. The van der Waals surface area contributed by atoms with Gasteiger partial charge in [0.05, 0.1) is 12.2 Å². The number of halogens is 1. The van der Waals surface area contributed by atoms with Gasteiger partial charge in [0.1, 0.15) is 18.1 Å². The first-order valence-electron chi connectivity index (χ1n) is 12.4. The Morgan fingerprint density at radius 2 is 1.80 bits per heavy atom. The monoisotopic (exact) mass is 489 g/mol. The summed E-state index contributed by atoms with van der Waals surface area (Å²) < 4.78 is 12.0. The molecule has 2 aliphatic rings. The van der Waals surface area contributed by atoms with Crippen molar-refractivity contribution in [3.8, 4) is 11.5 Å². The zero-order chi connectivity index (χ0) is 24.3. The van der Waals surface area contributed by atoms with Gasteiger partial charge in [0.2, 0.25) is 0 Å². The third kappa shape index (κ3) is 5.25. The molecule has 35 heavy (non-hydrogen) atoms. The number of hydrogen-bond acceptors (Lipinski definition) is 4. The molecule has 0 amide bonds. The van der Waals surface area contributed by atoms with Crippen molar-refractivity contribution in [3.05, 3.63) is 100 Å². The maximum absolute atomic E-state index is 11.2. The molecule has 0 bridgehead atoms. The number of fused-ring (bicyclic) bond motifs is 2. The van der Waals surface area contributed by atoms with Crippen LogP contribution in [0.5, 0.6) is 11.5 Å². The van der Waals surface area contributed by atoms with Crippen LogP contribution < -0.4 is 9.47 Å². The molecule has 1 saturated heterocycles. The van der Waals surface area contributed by atoms with E-state index in [1.807, 2.05) is 43.3 Å². The van der Waals surface area contributed by atoms with Crippen LogP contribution in [-0.4, -0.2) is 36.2 Å². The molecule has 0 unspecified atom stereocenters. The van der Waals surface area contributed by atoms with Crippen LogP contribution >= 0.6 is 11.6 Å². The van der Waals surface area contributed by atoms with Gasteiger partial charge in [0, 0.05) is 30.2 Å². The van der Waals surface area contributed by atoms with E-state index in [1.165, 1.54) is 16.7 Å². The predicted octanol–water partition coefficient (Wildman–Crippen LogP) is 6.44. The van der Waals surface area contributed by atoms with Gasteiger partial charge in [-0.2, -0.15) is 0 Å². The van der Waals surface area contributed by atoms with E-state index in [0.29, 0.717) is 18.2 Å². The Balaban J connectivity index is 1.32. The van der Waals surface area contributed by atoms with Crippen LogP contribution in [0, 0.1) is 0 Å². The van der Waals surface area contributed by atoms with E-state index >= 15 is 0 Å². The van der Waals surface area contributed by atoms with Gasteiger partial charge < -0.3 is 19.5 Å². The molecular weight excluding hydrogens is 458 g/mol. The number of likely N-dealkylation sites (tertiary alicyclic amines) is 1. The van der Waals surface area contributed by atoms with Crippen LogP contribution in [0.3, 0.4) is 0 Å². The first kappa shape index (κ1) is 23.9. The molecule has 3 aromatic carbocycles. The summed E-state index contributed by atoms with van der Waals surface area (Å²) in [4.78, 5) is 2.44. The number of piperidine rings is 1. The number of benzene rings is 3. The normalized spacial score (nSPS) is 18.3. The Bertz CT molecular complexity index is 1200. The van der Waals surface area contributed by atoms with Crippen molar-refractivity contribution in [2.75, 3.05) is 26.2 Å². The van der Waals surface area contributed by atoms with Crippen LogP contribution in [0.4, 0.5) is 0 Å². The lowest BCUT2D eigenvalue weighted by molar-refractivity contribution is -0.0254. The van der Waals surface area contributed by atoms with Gasteiger partial charge in [-0.05, 0) is 78.8 Å². The molecule has 3 aromatic rings. The average Bonchev–Trinajstić information content (AvgIpc) is 3.03. The van der Waals surface area contributed by atoms with Gasteiger partial charge in [-0.3, -0.25) is 0 Å². The zero-order valence-corrected chi connectivity index (χ0v) is 20.9. The third-order valence-corrected chi connectivity index (χ3v) is 7.35. The molecule has 1 N–H and O–H groups in total. The smallest absolute Gasteiger partial charge is 0.127 e. The van der Waals surface area contributed by atoms with E-state index in [1.54, 1.807) is 0 Å². The predicted molar refractivity (Wildman–Crippen MR) is 141 cm³/mol. The molecule has 0 spiro atoms. The van der Waals surface area contributed by atoms with Crippen molar-refractivity contribution in [1.29, 1.82) is 0 Å². The minimum Gasteiger partial charge on any atom is -0.494 e. The molecule has 0 aromatic heterocycles. The van der Waals surface area contributed by atoms with E-state index in [2.05, 4.69) is 41.3 Å². The summed E-state index contributed by atoms with van der Waals surface area (Å²) in [6, 6.07) is 22.2. The van der Waals surface area contributed by atoms with E-state index < -0.39 is 5.60 Å². The van der Waals surface area contributed by atoms with Crippen molar-refractivity contribution in [3.63, 3.8) is 0 Å². The molecule has 0 atom stereocenters. The summed E-state index contributed by atoms with van der Waals surface area (Å²) in [5, 5.41) is 11.9. The third-order valence-electron chi connectivity index (χ3n) is 7.10. The zero-order valence-electron chi connectivity index (χ0n) is 20.2. The van der Waals surface area contributed by atoms with Crippen LogP contribution in [0.15, 0.2) is 72.8 Å². The van der Waals surface area contributed by atoms with Crippen LogP contribution in [0.1, 0.15) is 48.4 Å². The van der Waals surface area contributed by atoms with Crippen molar-refractivity contribution < 1.29 is 14.6 Å². The highest BCUT2D eigenvalue weighted by atomic mass is 35.5. The average molecular weight is 490 g/mol. The Morgan fingerprint density at radius 1 is 1.03 bits per heavy atom. The van der Waals surface area contributed by atoms with Crippen molar-refractivity contribution in [2.24, 2.45) is 0 Å². The number of nitrogens with zero attached hydrogens (tertiary/aromatic N) is 1. The second-order valence-electron chi connectivity index (χ2n) is 9.32. The quantitative estimate of drug-likeness (QED) is 0.433. The van der Waals surface area contributed by atoms with Crippen molar-refractivity contribution in [1.82, 2.24) is 4.90 Å². The SMILES string of the molecule is CCOc1ccc2c(c1)C(=CCCN1CCC(O)(c3ccc(Cl)cc3)CC1)c1ccccc1CO2. The molecule has 4 nitrogen and oxygen atoms in total. The largest absolute Gasteiger partial charge is 0.494 e. The fourth-order valence-corrected chi connectivity index (χ4v) is 5.24. The molecule has 0 radical (unpaired) electrons. The molecule has 0 aliphatic carbocycles. The maximum Gasteiger partial charge on any atom is 0.127 e. The minimum absolute atomic E-state index is 0.559. The summed E-state index contributed by atoms with van der Waals surface area (Å²) in [5.74, 6) is 1.75. The van der Waals surface area contributed by atoms with E-state index in [-0.39, 0.29) is 0 Å².